The lowest BCUT2D eigenvalue weighted by Gasteiger charge is -2.33. The maximum atomic E-state index is 14.9. The van der Waals surface area contributed by atoms with Gasteiger partial charge in [0.25, 0.3) is 0 Å². The van der Waals surface area contributed by atoms with Crippen LogP contribution in [0.3, 0.4) is 0 Å². The Morgan fingerprint density at radius 1 is 1.10 bits per heavy atom. The molecule has 0 unspecified atom stereocenters. The third-order valence-electron chi connectivity index (χ3n) is 5.02. The first kappa shape index (κ1) is 22.1. The molecule has 162 valence electrons. The number of amides is 2. The molecule has 1 fully saturated rings. The minimum absolute atomic E-state index is 0.0547. The molecule has 0 saturated carbocycles. The monoisotopic (exact) mass is 435 g/mol. The van der Waals surface area contributed by atoms with Gasteiger partial charge in [0.15, 0.2) is 0 Å². The van der Waals surface area contributed by atoms with Gasteiger partial charge in [-0.3, -0.25) is 9.88 Å². The van der Waals surface area contributed by atoms with Crippen molar-refractivity contribution in [1.29, 1.82) is 0 Å². The van der Waals surface area contributed by atoms with E-state index in [9.17, 15) is 17.6 Å². The molecule has 8 nitrogen and oxygen atoms in total. The van der Waals surface area contributed by atoms with Gasteiger partial charge < -0.3 is 10.6 Å². The molecule has 0 radical (unpaired) electrons. The molecule has 1 aliphatic rings. The average Bonchev–Trinajstić information content (AvgIpc) is 2.75. The van der Waals surface area contributed by atoms with Gasteiger partial charge in [0, 0.05) is 68.5 Å². The first-order chi connectivity index (χ1) is 14.4. The lowest BCUT2D eigenvalue weighted by atomic mass is 10.1. The number of carbonyl (C=O) groups excluding carboxylic acids is 1. The normalized spacial score (nSPS) is 15.7. The summed E-state index contributed by atoms with van der Waals surface area (Å²) in [5.41, 5.74) is 1.51. The van der Waals surface area contributed by atoms with Crippen molar-refractivity contribution in [2.45, 2.75) is 20.0 Å². The van der Waals surface area contributed by atoms with Crippen LogP contribution in [0.4, 0.5) is 14.9 Å². The number of sulfonamides is 1. The number of hydrogen-bond acceptors (Lipinski definition) is 5. The van der Waals surface area contributed by atoms with Gasteiger partial charge in [0.1, 0.15) is 5.82 Å². The number of nitrogens with zero attached hydrogens (tertiary/aromatic N) is 3. The van der Waals surface area contributed by atoms with Gasteiger partial charge in [-0.05, 0) is 19.1 Å². The Kier molecular flexibility index (Phi) is 7.35. The molecule has 2 heterocycles. The number of urea groups is 1. The van der Waals surface area contributed by atoms with Crippen LogP contribution in [0.25, 0.3) is 0 Å². The number of piperazine rings is 1. The maximum absolute atomic E-state index is 14.9. The number of rotatable bonds is 7. The topological polar surface area (TPSA) is 94.6 Å². The number of pyridine rings is 1. The predicted molar refractivity (Wildman–Crippen MR) is 113 cm³/mol. The lowest BCUT2D eigenvalue weighted by Crippen LogP contribution is -2.48. The van der Waals surface area contributed by atoms with Gasteiger partial charge in [-0.2, -0.15) is 4.31 Å². The zero-order chi connectivity index (χ0) is 21.6. The molecule has 30 heavy (non-hydrogen) atoms. The van der Waals surface area contributed by atoms with E-state index in [4.69, 9.17) is 0 Å². The highest BCUT2D eigenvalue weighted by Crippen LogP contribution is 2.17. The summed E-state index contributed by atoms with van der Waals surface area (Å²) in [5.74, 6) is -0.267. The van der Waals surface area contributed by atoms with Gasteiger partial charge >= 0.3 is 6.03 Å². The standard InChI is InChI=1S/C20H26FN5O3S/c1-2-30(28,29)26-12-10-25(11-13-26)15-17-5-3-4-16(19(17)21)14-23-20(27)24-18-6-8-22-9-7-18/h3-9H,2,10-15H2,1H3,(H2,22,23,24,27). The first-order valence-corrected chi connectivity index (χ1v) is 11.4. The number of carbonyl (C=O) groups is 1. The molecule has 1 aromatic carbocycles. The van der Waals surface area contributed by atoms with E-state index in [-0.39, 0.29) is 18.1 Å². The van der Waals surface area contributed by atoms with Crippen molar-refractivity contribution in [3.05, 3.63) is 59.7 Å². The van der Waals surface area contributed by atoms with Crippen LogP contribution in [0.2, 0.25) is 0 Å². The van der Waals surface area contributed by atoms with Crippen molar-refractivity contribution >= 4 is 21.7 Å². The molecule has 1 aromatic heterocycles. The third kappa shape index (κ3) is 5.74. The molecule has 0 atom stereocenters. The molecular formula is C20H26FN5O3S. The fraction of sp³-hybridized carbons (Fsp3) is 0.400. The minimum atomic E-state index is -3.19. The van der Waals surface area contributed by atoms with Gasteiger partial charge in [-0.15, -0.1) is 0 Å². The minimum Gasteiger partial charge on any atom is -0.334 e. The van der Waals surface area contributed by atoms with Crippen molar-refractivity contribution in [2.75, 3.05) is 37.2 Å². The Morgan fingerprint density at radius 2 is 1.77 bits per heavy atom. The molecule has 0 aliphatic carbocycles. The highest BCUT2D eigenvalue weighted by atomic mass is 32.2. The smallest absolute Gasteiger partial charge is 0.319 e. The number of hydrogen-bond donors (Lipinski definition) is 2. The van der Waals surface area contributed by atoms with Crippen LogP contribution >= 0.6 is 0 Å². The van der Waals surface area contributed by atoms with E-state index >= 15 is 0 Å². The van der Waals surface area contributed by atoms with Gasteiger partial charge in [0.05, 0.1) is 5.75 Å². The molecule has 0 bridgehead atoms. The predicted octanol–water partition coefficient (Wildman–Crippen LogP) is 2.01. The quantitative estimate of drug-likeness (QED) is 0.694. The Labute approximate surface area is 176 Å². The summed E-state index contributed by atoms with van der Waals surface area (Å²) in [6, 6.07) is 7.99. The highest BCUT2D eigenvalue weighted by molar-refractivity contribution is 7.89. The first-order valence-electron chi connectivity index (χ1n) is 9.80. The van der Waals surface area contributed by atoms with Crippen LogP contribution in [0.5, 0.6) is 0 Å². The van der Waals surface area contributed by atoms with Gasteiger partial charge in [-0.25, -0.2) is 17.6 Å². The number of aromatic nitrogens is 1. The van der Waals surface area contributed by atoms with Crippen molar-refractivity contribution < 1.29 is 17.6 Å². The van der Waals surface area contributed by atoms with Crippen LogP contribution in [0.15, 0.2) is 42.7 Å². The van der Waals surface area contributed by atoms with Crippen LogP contribution < -0.4 is 10.6 Å². The summed E-state index contributed by atoms with van der Waals surface area (Å²) in [4.78, 5) is 17.9. The molecule has 2 N–H and O–H groups in total. The SMILES string of the molecule is CCS(=O)(=O)N1CCN(Cc2cccc(CNC(=O)Nc3ccncc3)c2F)CC1. The molecule has 3 rings (SSSR count). The summed E-state index contributed by atoms with van der Waals surface area (Å²) in [7, 11) is -3.19. The summed E-state index contributed by atoms with van der Waals surface area (Å²) < 4.78 is 40.3. The molecular weight excluding hydrogens is 409 g/mol. The van der Waals surface area contributed by atoms with E-state index in [1.54, 1.807) is 49.6 Å². The fourth-order valence-electron chi connectivity index (χ4n) is 3.27. The molecule has 2 amide bonds. The van der Waals surface area contributed by atoms with Gasteiger partial charge in [-0.1, -0.05) is 18.2 Å². The van der Waals surface area contributed by atoms with Crippen LogP contribution in [-0.2, 0) is 23.1 Å². The Morgan fingerprint density at radius 3 is 2.43 bits per heavy atom. The van der Waals surface area contributed by atoms with Crippen LogP contribution in [-0.4, -0.2) is 60.6 Å². The van der Waals surface area contributed by atoms with E-state index in [0.717, 1.165) is 0 Å². The molecule has 10 heteroatoms. The maximum Gasteiger partial charge on any atom is 0.319 e. The largest absolute Gasteiger partial charge is 0.334 e. The summed E-state index contributed by atoms with van der Waals surface area (Å²) in [6.07, 6.45) is 3.13. The van der Waals surface area contributed by atoms with Crippen molar-refractivity contribution in [1.82, 2.24) is 19.5 Å². The summed E-state index contributed by atoms with van der Waals surface area (Å²) >= 11 is 0. The zero-order valence-corrected chi connectivity index (χ0v) is 17.7. The van der Waals surface area contributed by atoms with Crippen molar-refractivity contribution in [3.63, 3.8) is 0 Å². The van der Waals surface area contributed by atoms with E-state index in [0.29, 0.717) is 49.5 Å². The molecule has 0 spiro atoms. The number of nitrogens with one attached hydrogen (secondary N) is 2. The summed E-state index contributed by atoms with van der Waals surface area (Å²) in [5, 5.41) is 5.31. The fourth-order valence-corrected chi connectivity index (χ4v) is 4.35. The van der Waals surface area contributed by atoms with E-state index < -0.39 is 16.1 Å². The summed E-state index contributed by atoms with van der Waals surface area (Å²) in [6.45, 7) is 4.00. The van der Waals surface area contributed by atoms with Crippen LogP contribution in [0.1, 0.15) is 18.1 Å². The third-order valence-corrected chi connectivity index (χ3v) is 6.90. The van der Waals surface area contributed by atoms with Crippen LogP contribution in [0, 0.1) is 5.82 Å². The Bertz CT molecular complexity index is 964. The lowest BCUT2D eigenvalue weighted by molar-refractivity contribution is 0.180. The molecule has 1 saturated heterocycles. The second kappa shape index (κ2) is 9.96. The number of anilines is 1. The second-order valence-electron chi connectivity index (χ2n) is 7.01. The molecule has 2 aromatic rings. The zero-order valence-electron chi connectivity index (χ0n) is 16.8. The average molecular weight is 436 g/mol. The second-order valence-corrected chi connectivity index (χ2v) is 9.27. The van der Waals surface area contributed by atoms with E-state index in [1.165, 1.54) is 4.31 Å². The van der Waals surface area contributed by atoms with E-state index in [1.807, 2.05) is 4.90 Å². The van der Waals surface area contributed by atoms with E-state index in [2.05, 4.69) is 15.6 Å². The number of halogens is 1. The van der Waals surface area contributed by atoms with Crippen molar-refractivity contribution in [3.8, 4) is 0 Å². The number of benzene rings is 1. The van der Waals surface area contributed by atoms with Crippen molar-refractivity contribution in [2.24, 2.45) is 0 Å². The highest BCUT2D eigenvalue weighted by Gasteiger charge is 2.25. The Hall–Kier alpha value is -2.56. The Balaban J connectivity index is 1.54. The van der Waals surface area contributed by atoms with Gasteiger partial charge in [0.2, 0.25) is 10.0 Å². The molecule has 1 aliphatic heterocycles.